The van der Waals surface area contributed by atoms with E-state index in [9.17, 15) is 17.8 Å². The van der Waals surface area contributed by atoms with Crippen LogP contribution in [0.3, 0.4) is 0 Å². The molecule has 0 amide bonds. The molecule has 13 nitrogen and oxygen atoms in total. The molecule has 278 valence electrons. The molecule has 6 aromatic rings. The summed E-state index contributed by atoms with van der Waals surface area (Å²) in [6.07, 6.45) is 8.72. The Kier molecular flexibility index (Phi) is 11.9. The molecule has 0 aliphatic carbocycles. The van der Waals surface area contributed by atoms with Gasteiger partial charge in [0.2, 0.25) is 0 Å². The standard InChI is InChI=1S/C28H22N6O3S.C6H12N3P.C3H6O.Cu/c35-38(36,37)28(32-19-16-25(29-32)22-10-4-1-5-11-22,33-20-17-26(30-33)23-12-6-2-7-13-23)34-21-18-27(31-34)24-14-8-3-9-15-24;1-7-2-9-3-8(1)5-10(4-7)6-9;1-3(2)4;/h1-21H,(H,35,36,37);1-6H2;1-2H3;/q;;;+1. The Bertz CT molecular complexity index is 1980. The first-order valence-electron chi connectivity index (χ1n) is 16.9. The Hall–Kier alpha value is -4.30. The predicted octanol–water partition coefficient (Wildman–Crippen LogP) is 4.97. The van der Waals surface area contributed by atoms with E-state index in [1.54, 1.807) is 18.2 Å². The number of benzene rings is 3. The van der Waals surface area contributed by atoms with Gasteiger partial charge in [-0.1, -0.05) is 91.0 Å². The van der Waals surface area contributed by atoms with Gasteiger partial charge < -0.3 is 9.35 Å². The van der Waals surface area contributed by atoms with Crippen LogP contribution in [-0.2, 0) is 37.1 Å². The van der Waals surface area contributed by atoms with Gasteiger partial charge in [-0.15, -0.1) is 0 Å². The fourth-order valence-corrected chi connectivity index (χ4v) is 10.6. The molecular formula is C37H40CuN9O4PS+. The van der Waals surface area contributed by atoms with E-state index in [-0.39, 0.29) is 30.8 Å². The number of carbonyl (C=O) groups is 1. The van der Waals surface area contributed by atoms with Crippen molar-refractivity contribution in [2.45, 2.75) is 19.0 Å². The number of Topliss-reactive ketones (excluding diaryl/α,β-unsaturated/α-hetero) is 1. The summed E-state index contributed by atoms with van der Waals surface area (Å²) in [5, 5.41) is 11.2. The van der Waals surface area contributed by atoms with Crippen LogP contribution >= 0.6 is 7.92 Å². The molecular weight excluding hydrogens is 761 g/mol. The summed E-state index contributed by atoms with van der Waals surface area (Å²) in [5.74, 6) is 0.167. The SMILES string of the molecule is C1N2CN3CN1C[PH+](C2)C3.CC(C)=O.O=S(=O)([O-])C(n1ccc(-c2ccccc2)n1)(n1ccc(-c2ccccc2)n1)n1ccc(-c2ccccc2)n1.[Cu+]. The molecule has 3 aromatic carbocycles. The Morgan fingerprint density at radius 2 is 0.868 bits per heavy atom. The van der Waals surface area contributed by atoms with Gasteiger partial charge in [0.1, 0.15) is 24.6 Å². The van der Waals surface area contributed by atoms with Crippen molar-refractivity contribution in [1.82, 2.24) is 44.0 Å². The average molecular weight is 801 g/mol. The van der Waals surface area contributed by atoms with Crippen LogP contribution < -0.4 is 0 Å². The zero-order valence-corrected chi connectivity index (χ0v) is 32.0. The molecule has 4 saturated heterocycles. The Labute approximate surface area is 320 Å². The first-order chi connectivity index (χ1) is 25.1. The number of hydrogen-bond donors (Lipinski definition) is 0. The summed E-state index contributed by atoms with van der Waals surface area (Å²) in [6.45, 7) is 6.82. The number of aromatic nitrogens is 6. The van der Waals surface area contributed by atoms with Gasteiger partial charge in [-0.2, -0.15) is 15.3 Å². The van der Waals surface area contributed by atoms with Gasteiger partial charge in [-0.25, -0.2) is 37.2 Å². The van der Waals surface area contributed by atoms with Crippen LogP contribution in [-0.4, -0.2) is 102 Å². The van der Waals surface area contributed by atoms with Crippen LogP contribution in [0.2, 0.25) is 0 Å². The van der Waals surface area contributed by atoms with Crippen molar-refractivity contribution in [2.75, 3.05) is 38.9 Å². The molecule has 4 bridgehead atoms. The van der Waals surface area contributed by atoms with Crippen LogP contribution in [0.1, 0.15) is 13.8 Å². The van der Waals surface area contributed by atoms with E-state index in [1.165, 1.54) is 71.3 Å². The van der Waals surface area contributed by atoms with Crippen molar-refractivity contribution in [1.29, 1.82) is 0 Å². The van der Waals surface area contributed by atoms with Crippen molar-refractivity contribution in [2.24, 2.45) is 0 Å². The third-order valence-corrected chi connectivity index (χ3v) is 12.7. The number of carbonyl (C=O) groups excluding carboxylic acids is 1. The van der Waals surface area contributed by atoms with E-state index < -0.39 is 15.2 Å². The third-order valence-electron chi connectivity index (χ3n) is 8.75. The van der Waals surface area contributed by atoms with Gasteiger partial charge in [-0.05, 0) is 32.0 Å². The van der Waals surface area contributed by atoms with Crippen molar-refractivity contribution >= 4 is 23.8 Å². The maximum absolute atomic E-state index is 13.4. The molecule has 3 aromatic heterocycles. The smallest absolute Gasteiger partial charge is 0.743 e. The maximum Gasteiger partial charge on any atom is 1.00 e. The maximum atomic E-state index is 13.4. The second kappa shape index (κ2) is 16.4. The average Bonchev–Trinajstić information content (AvgIpc) is 3.92. The molecule has 0 radical (unpaired) electrons. The van der Waals surface area contributed by atoms with E-state index in [1.807, 2.05) is 91.0 Å². The molecule has 0 saturated carbocycles. The second-order valence-corrected chi connectivity index (χ2v) is 17.0. The van der Waals surface area contributed by atoms with Crippen molar-refractivity contribution in [3.8, 4) is 33.8 Å². The summed E-state index contributed by atoms with van der Waals surface area (Å²) in [7, 11) is -5.21. The molecule has 4 aliphatic rings. The Morgan fingerprint density at radius 1 is 0.585 bits per heavy atom. The number of hydrogen-bond acceptors (Lipinski definition) is 10. The third kappa shape index (κ3) is 8.28. The summed E-state index contributed by atoms with van der Waals surface area (Å²) in [6, 6.07) is 32.8. The second-order valence-electron chi connectivity index (χ2n) is 13.1. The summed E-state index contributed by atoms with van der Waals surface area (Å²) in [5.41, 5.74) is 3.76. The van der Waals surface area contributed by atoms with Gasteiger partial charge in [-0.3, -0.25) is 0 Å². The predicted molar refractivity (Wildman–Crippen MR) is 201 cm³/mol. The Balaban J connectivity index is 0.000000266. The summed E-state index contributed by atoms with van der Waals surface area (Å²) >= 11 is 0. The normalized spacial score (nSPS) is 20.0. The molecule has 0 spiro atoms. The van der Waals surface area contributed by atoms with Crippen molar-refractivity contribution in [3.63, 3.8) is 0 Å². The van der Waals surface area contributed by atoms with Crippen LogP contribution in [0.4, 0.5) is 0 Å². The molecule has 0 unspecified atom stereocenters. The van der Waals surface area contributed by atoms with Crippen LogP contribution in [0.25, 0.3) is 33.8 Å². The molecule has 0 atom stereocenters. The fourth-order valence-electron chi connectivity index (χ4n) is 6.79. The monoisotopic (exact) mass is 800 g/mol. The minimum atomic E-state index is -5.24. The van der Waals surface area contributed by atoms with Gasteiger partial charge in [0.05, 0.1) is 37.1 Å². The van der Waals surface area contributed by atoms with Gasteiger partial charge in [0.25, 0.3) is 0 Å². The molecule has 7 heterocycles. The first kappa shape index (κ1) is 38.4. The van der Waals surface area contributed by atoms with E-state index in [4.69, 9.17) is 0 Å². The summed E-state index contributed by atoms with van der Waals surface area (Å²) in [4.78, 5) is 17.2. The molecule has 4 fully saturated rings. The quantitative estimate of drug-likeness (QED) is 0.124. The van der Waals surface area contributed by atoms with Gasteiger partial charge in [0, 0.05) is 43.2 Å². The topological polar surface area (TPSA) is 137 Å². The largest absolute Gasteiger partial charge is 1.00 e. The zero-order chi connectivity index (χ0) is 36.3. The number of nitrogens with zero attached hydrogens (tertiary/aromatic N) is 9. The zero-order valence-electron chi connectivity index (χ0n) is 29.2. The minimum absolute atomic E-state index is 0. The van der Waals surface area contributed by atoms with Crippen molar-refractivity contribution in [3.05, 3.63) is 128 Å². The molecule has 16 heteroatoms. The van der Waals surface area contributed by atoms with Crippen LogP contribution in [0, 0.1) is 0 Å². The number of ketones is 1. The number of rotatable bonds is 7. The minimum Gasteiger partial charge on any atom is -0.743 e. The first-order valence-corrected chi connectivity index (χ1v) is 20.4. The summed E-state index contributed by atoms with van der Waals surface area (Å²) < 4.78 is 43.4. The molecule has 0 N–H and O–H groups in total. The van der Waals surface area contributed by atoms with E-state index >= 15 is 0 Å². The molecule has 4 aliphatic heterocycles. The Morgan fingerprint density at radius 3 is 1.11 bits per heavy atom. The van der Waals surface area contributed by atoms with E-state index in [0.717, 1.165) is 30.7 Å². The van der Waals surface area contributed by atoms with Crippen molar-refractivity contribution < 1.29 is 34.8 Å². The fraction of sp³-hybridized carbons (Fsp3) is 0.243. The van der Waals surface area contributed by atoms with E-state index in [0.29, 0.717) is 17.1 Å². The van der Waals surface area contributed by atoms with E-state index in [2.05, 4.69) is 30.0 Å². The molecule has 53 heavy (non-hydrogen) atoms. The van der Waals surface area contributed by atoms with Crippen LogP contribution in [0.5, 0.6) is 0 Å². The van der Waals surface area contributed by atoms with Crippen LogP contribution in [0.15, 0.2) is 128 Å². The van der Waals surface area contributed by atoms with Gasteiger partial charge in [0.15, 0.2) is 10.1 Å². The molecule has 10 rings (SSSR count). The van der Waals surface area contributed by atoms with Gasteiger partial charge >= 0.3 is 22.2 Å².